The van der Waals surface area contributed by atoms with Crippen LogP contribution in [0.5, 0.6) is 0 Å². The summed E-state index contributed by atoms with van der Waals surface area (Å²) >= 11 is 2.04. The Morgan fingerprint density at radius 3 is 1.14 bits per heavy atom. The van der Waals surface area contributed by atoms with Crippen molar-refractivity contribution in [1.82, 2.24) is 29.9 Å². The van der Waals surface area contributed by atoms with Crippen LogP contribution in [-0.2, 0) is 24.3 Å². The van der Waals surface area contributed by atoms with E-state index in [1.54, 1.807) is 37.2 Å². The topological polar surface area (TPSA) is 106 Å². The number of nitrogens with one attached hydrogen (secondary N) is 1. The molecule has 0 saturated carbocycles. The Kier molecular flexibility index (Phi) is 15.9. The first-order valence-corrected chi connectivity index (χ1v) is 21.0. The van der Waals surface area contributed by atoms with Crippen LogP contribution < -0.4 is 5.32 Å². The van der Waals surface area contributed by atoms with E-state index < -0.39 is 15.6 Å². The van der Waals surface area contributed by atoms with Crippen LogP contribution >= 0.6 is 38.2 Å². The number of nitrogens with zero attached hydrogens (tertiary/aromatic N) is 6. The summed E-state index contributed by atoms with van der Waals surface area (Å²) in [5.74, 6) is -0.0195. The van der Waals surface area contributed by atoms with Crippen molar-refractivity contribution < 1.29 is 74.6 Å². The number of amides is 1. The van der Waals surface area contributed by atoms with E-state index >= 15 is 0 Å². The van der Waals surface area contributed by atoms with Gasteiger partial charge in [-0.15, -0.1) is 0 Å². The first-order chi connectivity index (χ1) is 26.1. The number of fused-ring (bicyclic) bond motifs is 3. The van der Waals surface area contributed by atoms with Gasteiger partial charge in [-0.3, -0.25) is 34.7 Å². The summed E-state index contributed by atoms with van der Waals surface area (Å²) in [6.45, 7) is 0. The predicted molar refractivity (Wildman–Crippen MR) is 207 cm³/mol. The van der Waals surface area contributed by atoms with Gasteiger partial charge in [-0.2, -0.15) is 0 Å². The molecule has 8 nitrogen and oxygen atoms in total. The second-order valence-corrected chi connectivity index (χ2v) is 15.5. The van der Waals surface area contributed by atoms with Gasteiger partial charge in [-0.1, -0.05) is 52.9 Å². The van der Waals surface area contributed by atoms with Crippen LogP contribution in [0.3, 0.4) is 0 Å². The monoisotopic (exact) mass is 1070 g/mol. The average Bonchev–Trinajstić information content (AvgIpc) is 3.14. The van der Waals surface area contributed by atoms with Gasteiger partial charge in [-0.25, -0.2) is 0 Å². The second kappa shape index (κ2) is 18.6. The first kappa shape index (κ1) is 49.6. The van der Waals surface area contributed by atoms with Crippen LogP contribution in [0.2, 0.25) is 0 Å². The summed E-state index contributed by atoms with van der Waals surface area (Å²) in [6, 6.07) is 32.8. The fourth-order valence-electron chi connectivity index (χ4n) is 4.12. The molecule has 7 rings (SSSR count). The molecule has 7 aromatic rings. The number of aromatic nitrogens is 6. The largest absolute Gasteiger partial charge is 2.00 e. The summed E-state index contributed by atoms with van der Waals surface area (Å²) in [7, 11) is -21.3. The van der Waals surface area contributed by atoms with E-state index in [0.717, 1.165) is 50.3 Å². The number of halogens is 13. The molecule has 0 aliphatic heterocycles. The number of alkyl halides is 1. The Bertz CT molecular complexity index is 2180. The minimum absolute atomic E-state index is 0. The molecular formula is C34H26F12IN7OP2Ru. The van der Waals surface area contributed by atoms with Crippen molar-refractivity contribution in [3.8, 4) is 22.8 Å². The van der Waals surface area contributed by atoms with E-state index in [9.17, 15) is 55.2 Å². The number of rotatable bonds is 4. The Morgan fingerprint density at radius 1 is 0.483 bits per heavy atom. The van der Waals surface area contributed by atoms with Gasteiger partial charge in [-0.05, 0) is 72.8 Å². The molecule has 0 unspecified atom stereocenters. The maximum absolute atomic E-state index is 11.6. The smallest absolute Gasteiger partial charge is 0.325 e. The zero-order valence-electron chi connectivity index (χ0n) is 28.7. The van der Waals surface area contributed by atoms with Gasteiger partial charge in [0.15, 0.2) is 0 Å². The third-order valence-corrected chi connectivity index (χ3v) is 6.73. The van der Waals surface area contributed by atoms with Crippen molar-refractivity contribution in [2.75, 3.05) is 9.74 Å². The number of carbonyl (C=O) groups excluding carboxylic acids is 1. The van der Waals surface area contributed by atoms with Crippen LogP contribution in [0, 0.1) is 0 Å². The Hall–Kier alpha value is -4.52. The minimum atomic E-state index is -10.7. The summed E-state index contributed by atoms with van der Waals surface area (Å²) in [5, 5.41) is 4.79. The van der Waals surface area contributed by atoms with Crippen molar-refractivity contribution in [3.05, 3.63) is 140 Å². The normalized spacial score (nSPS) is 13.1. The van der Waals surface area contributed by atoms with E-state index in [4.69, 9.17) is 0 Å². The van der Waals surface area contributed by atoms with E-state index in [1.165, 1.54) is 0 Å². The predicted octanol–water partition coefficient (Wildman–Crippen LogP) is 14.2. The molecule has 1 aromatic carbocycles. The van der Waals surface area contributed by atoms with Gasteiger partial charge in [0.2, 0.25) is 5.91 Å². The third-order valence-electron chi connectivity index (χ3n) is 6.04. The standard InChI is InChI=1S/C14H10IN3O.2C10H8N2.2F6P.Ru/c15-8-12(19)18-11-7-9-3-1-5-16-13(9)14-10(11)4-2-6-17-14;2*1-3-7-11-9(5-1)10-6-2-4-8-12-10;2*1-7(2,3,4,5)6;/h1-7H,8H2,(H,18,19);2*1-8H;;;/q;;;2*-1;+2. The molecule has 0 radical (unpaired) electrons. The van der Waals surface area contributed by atoms with Crippen LogP contribution in [0.1, 0.15) is 0 Å². The molecule has 312 valence electrons. The molecule has 0 aliphatic carbocycles. The summed E-state index contributed by atoms with van der Waals surface area (Å²) in [5.41, 5.74) is 6.10. The van der Waals surface area contributed by atoms with E-state index in [2.05, 4.69) is 35.2 Å². The third kappa shape index (κ3) is 23.0. The van der Waals surface area contributed by atoms with Gasteiger partial charge >= 0.3 is 85.5 Å². The molecule has 0 aliphatic rings. The maximum Gasteiger partial charge on any atom is 2.00 e. The number of benzene rings is 1. The van der Waals surface area contributed by atoms with Crippen LogP contribution in [0.15, 0.2) is 140 Å². The van der Waals surface area contributed by atoms with Gasteiger partial charge in [0, 0.05) is 48.0 Å². The van der Waals surface area contributed by atoms with Crippen molar-refractivity contribution in [2.24, 2.45) is 0 Å². The fraction of sp³-hybridized carbons (Fsp3) is 0.0294. The molecule has 0 saturated heterocycles. The van der Waals surface area contributed by atoms with Gasteiger partial charge < -0.3 is 5.32 Å². The van der Waals surface area contributed by atoms with Gasteiger partial charge in [0.25, 0.3) is 0 Å². The quantitative estimate of drug-likeness (QED) is 0.0467. The maximum atomic E-state index is 11.6. The van der Waals surface area contributed by atoms with Crippen molar-refractivity contribution in [2.45, 2.75) is 0 Å². The Morgan fingerprint density at radius 2 is 0.810 bits per heavy atom. The minimum Gasteiger partial charge on any atom is -0.325 e. The molecule has 0 fully saturated rings. The van der Waals surface area contributed by atoms with Crippen LogP contribution in [0.4, 0.5) is 56.1 Å². The number of anilines is 1. The molecule has 6 heterocycles. The summed E-state index contributed by atoms with van der Waals surface area (Å²) in [4.78, 5) is 37.1. The van der Waals surface area contributed by atoms with Crippen LogP contribution in [0.25, 0.3) is 44.6 Å². The van der Waals surface area contributed by atoms with E-state index in [0.29, 0.717) is 4.43 Å². The second-order valence-electron chi connectivity index (χ2n) is 10.9. The molecule has 0 spiro atoms. The molecule has 0 atom stereocenters. The summed E-state index contributed by atoms with van der Waals surface area (Å²) < 4.78 is 119. The van der Waals surface area contributed by atoms with Gasteiger partial charge in [0.1, 0.15) is 0 Å². The number of pyridine rings is 6. The zero-order valence-corrected chi connectivity index (χ0v) is 34.4. The number of hydrogen-bond donors (Lipinski definition) is 1. The van der Waals surface area contributed by atoms with Gasteiger partial charge in [0.05, 0.1) is 43.9 Å². The van der Waals surface area contributed by atoms with Crippen molar-refractivity contribution >= 4 is 71.6 Å². The van der Waals surface area contributed by atoms with E-state index in [-0.39, 0.29) is 25.4 Å². The molecule has 1 amide bonds. The molecule has 6 aromatic heterocycles. The molecule has 0 bridgehead atoms. The van der Waals surface area contributed by atoms with Crippen molar-refractivity contribution in [3.63, 3.8) is 0 Å². The molecule has 1 N–H and O–H groups in total. The zero-order chi connectivity index (χ0) is 42.5. The van der Waals surface area contributed by atoms with Crippen molar-refractivity contribution in [1.29, 1.82) is 0 Å². The van der Waals surface area contributed by atoms with Crippen LogP contribution in [-0.4, -0.2) is 40.2 Å². The fourth-order valence-corrected chi connectivity index (χ4v) is 4.31. The SMILES string of the molecule is F[P-](F)(F)(F)(F)F.F[P-](F)(F)(F)(F)F.O=C(CI)Nc1cc2cccnc2c2ncccc12.[Ru+2].c1ccc(-c2ccccn2)nc1.c1ccc(-c2ccccn2)nc1. The Labute approximate surface area is 347 Å². The number of hydrogen-bond acceptors (Lipinski definition) is 7. The Balaban J connectivity index is 0.000000263. The molecule has 58 heavy (non-hydrogen) atoms. The molecule has 24 heteroatoms. The number of carbonyl (C=O) groups is 1. The first-order valence-electron chi connectivity index (χ1n) is 15.4. The summed E-state index contributed by atoms with van der Waals surface area (Å²) in [6.07, 6.45) is 10.6. The molecular weight excluding hydrogens is 1040 g/mol. The van der Waals surface area contributed by atoms with E-state index in [1.807, 2.05) is 126 Å². The average molecular weight is 1070 g/mol.